The Kier molecular flexibility index (Phi) is 3.53. The molecule has 0 bridgehead atoms. The molecule has 9 heteroatoms. The number of nitro groups is 1. The number of halogens is 2. The Balaban J connectivity index is 2.15. The van der Waals surface area contributed by atoms with Gasteiger partial charge in [-0.25, -0.2) is 19.3 Å². The Bertz CT molecular complexity index is 932. The molecule has 1 aromatic carbocycles. The number of nitrogens with one attached hydrogen (secondary N) is 1. The zero-order valence-corrected chi connectivity index (χ0v) is 11.7. The van der Waals surface area contributed by atoms with Crippen molar-refractivity contribution in [3.63, 3.8) is 0 Å². The molecule has 7 nitrogen and oxygen atoms in total. The maximum absolute atomic E-state index is 14.1. The van der Waals surface area contributed by atoms with Gasteiger partial charge >= 0.3 is 5.69 Å². The predicted octanol–water partition coefficient (Wildman–Crippen LogP) is 3.26. The van der Waals surface area contributed by atoms with Gasteiger partial charge in [0.25, 0.3) is 0 Å². The molecule has 3 rings (SSSR count). The number of fused-ring (bicyclic) bond motifs is 1. The summed E-state index contributed by atoms with van der Waals surface area (Å²) in [6, 6.07) is 4.99. The van der Waals surface area contributed by atoms with Gasteiger partial charge in [0.05, 0.1) is 10.4 Å². The molecule has 0 aliphatic rings. The van der Waals surface area contributed by atoms with Gasteiger partial charge in [-0.15, -0.1) is 0 Å². The Hall–Kier alpha value is -3.23. The van der Waals surface area contributed by atoms with E-state index in [4.69, 9.17) is 0 Å². The van der Waals surface area contributed by atoms with E-state index >= 15 is 0 Å². The monoisotopic (exact) mass is 317 g/mol. The smallest absolute Gasteiger partial charge is 0.307 e. The van der Waals surface area contributed by atoms with E-state index in [1.807, 2.05) is 0 Å². The number of hydrogen-bond donors (Lipinski definition) is 1. The number of nitro benzene ring substituents is 1. The molecule has 23 heavy (non-hydrogen) atoms. The molecule has 0 aliphatic heterocycles. The van der Waals surface area contributed by atoms with Gasteiger partial charge in [0, 0.05) is 11.8 Å². The minimum atomic E-state index is -1.31. The molecule has 0 spiro atoms. The van der Waals surface area contributed by atoms with Crippen LogP contribution in [-0.2, 0) is 0 Å². The minimum absolute atomic E-state index is 0.0528. The van der Waals surface area contributed by atoms with E-state index in [9.17, 15) is 18.9 Å². The number of aryl methyl sites for hydroxylation is 1. The van der Waals surface area contributed by atoms with Crippen molar-refractivity contribution in [2.24, 2.45) is 0 Å². The number of hydrogen-bond acceptors (Lipinski definition) is 6. The molecular weight excluding hydrogens is 308 g/mol. The predicted molar refractivity (Wildman–Crippen MR) is 78.4 cm³/mol. The second-order valence-electron chi connectivity index (χ2n) is 4.68. The maximum atomic E-state index is 14.1. The number of rotatable bonds is 3. The van der Waals surface area contributed by atoms with Gasteiger partial charge in [-0.05, 0) is 25.1 Å². The van der Waals surface area contributed by atoms with Gasteiger partial charge in [-0.1, -0.05) is 0 Å². The zero-order chi connectivity index (χ0) is 16.6. The second-order valence-corrected chi connectivity index (χ2v) is 4.68. The van der Waals surface area contributed by atoms with Gasteiger partial charge in [0.15, 0.2) is 5.82 Å². The number of aromatic nitrogens is 3. The first-order valence-corrected chi connectivity index (χ1v) is 6.45. The molecule has 116 valence electrons. The van der Waals surface area contributed by atoms with Crippen molar-refractivity contribution in [1.82, 2.24) is 15.0 Å². The Morgan fingerprint density at radius 2 is 1.96 bits per heavy atom. The molecule has 0 radical (unpaired) electrons. The maximum Gasteiger partial charge on any atom is 0.307 e. The van der Waals surface area contributed by atoms with Crippen LogP contribution in [0.25, 0.3) is 11.0 Å². The number of pyridine rings is 1. The summed E-state index contributed by atoms with van der Waals surface area (Å²) in [5.41, 5.74) is -0.0635. The highest BCUT2D eigenvalue weighted by Crippen LogP contribution is 2.30. The van der Waals surface area contributed by atoms with E-state index < -0.39 is 27.9 Å². The third kappa shape index (κ3) is 2.63. The Morgan fingerprint density at radius 3 is 2.70 bits per heavy atom. The van der Waals surface area contributed by atoms with E-state index in [-0.39, 0.29) is 5.82 Å². The van der Waals surface area contributed by atoms with E-state index in [1.165, 1.54) is 6.33 Å². The standard InChI is InChI=1S/C14H9F2N5O2/c1-7-2-4-9-13(19-7)14(18-6-17-9)20-12-8(15)3-5-10(11(12)16)21(22)23/h2-6H,1H3,(H,17,18,20). The van der Waals surface area contributed by atoms with Crippen LogP contribution in [0.3, 0.4) is 0 Å². The summed E-state index contributed by atoms with van der Waals surface area (Å²) in [4.78, 5) is 22.0. The number of anilines is 2. The van der Waals surface area contributed by atoms with Crippen molar-refractivity contribution in [3.05, 3.63) is 58.0 Å². The average molecular weight is 317 g/mol. The van der Waals surface area contributed by atoms with Crippen LogP contribution < -0.4 is 5.32 Å². The van der Waals surface area contributed by atoms with Crippen LogP contribution in [0.15, 0.2) is 30.6 Å². The van der Waals surface area contributed by atoms with E-state index in [2.05, 4.69) is 20.3 Å². The third-order valence-electron chi connectivity index (χ3n) is 3.13. The fourth-order valence-corrected chi connectivity index (χ4v) is 2.04. The molecule has 2 aromatic heterocycles. The molecule has 0 aliphatic carbocycles. The van der Waals surface area contributed by atoms with E-state index in [1.54, 1.807) is 19.1 Å². The summed E-state index contributed by atoms with van der Waals surface area (Å²) in [5.74, 6) is -2.24. The molecule has 0 saturated heterocycles. The van der Waals surface area contributed by atoms with Gasteiger partial charge in [0.1, 0.15) is 23.3 Å². The topological polar surface area (TPSA) is 93.8 Å². The lowest BCUT2D eigenvalue weighted by molar-refractivity contribution is -0.387. The molecule has 1 N–H and O–H groups in total. The van der Waals surface area contributed by atoms with Crippen LogP contribution in [0.5, 0.6) is 0 Å². The van der Waals surface area contributed by atoms with Gasteiger partial charge in [0.2, 0.25) is 5.82 Å². The molecule has 0 fully saturated rings. The summed E-state index contributed by atoms with van der Waals surface area (Å²) in [6.45, 7) is 1.74. The lowest BCUT2D eigenvalue weighted by Gasteiger charge is -2.10. The highest BCUT2D eigenvalue weighted by Gasteiger charge is 2.22. The van der Waals surface area contributed by atoms with Crippen molar-refractivity contribution in [1.29, 1.82) is 0 Å². The first-order valence-electron chi connectivity index (χ1n) is 6.45. The van der Waals surface area contributed by atoms with Crippen LogP contribution in [-0.4, -0.2) is 19.9 Å². The fourth-order valence-electron chi connectivity index (χ4n) is 2.04. The quantitative estimate of drug-likeness (QED) is 0.588. The summed E-state index contributed by atoms with van der Waals surface area (Å²) in [6.07, 6.45) is 1.20. The molecule has 0 amide bonds. The van der Waals surface area contributed by atoms with E-state index in [0.717, 1.165) is 12.1 Å². The molecule has 3 aromatic rings. The van der Waals surface area contributed by atoms with Crippen molar-refractivity contribution < 1.29 is 13.7 Å². The van der Waals surface area contributed by atoms with Crippen molar-refractivity contribution >= 4 is 28.2 Å². The SMILES string of the molecule is Cc1ccc2ncnc(Nc3c(F)ccc([N+](=O)[O-])c3F)c2n1. The second kappa shape index (κ2) is 5.52. The lowest BCUT2D eigenvalue weighted by atomic mass is 10.2. The first-order chi connectivity index (χ1) is 11.0. The minimum Gasteiger partial charge on any atom is -0.333 e. The summed E-state index contributed by atoms with van der Waals surface area (Å²) >= 11 is 0. The van der Waals surface area contributed by atoms with Gasteiger partial charge in [-0.2, -0.15) is 4.39 Å². The molecular formula is C14H9F2N5O2. The van der Waals surface area contributed by atoms with Crippen LogP contribution in [0.4, 0.5) is 26.0 Å². The highest BCUT2D eigenvalue weighted by molar-refractivity contribution is 5.87. The summed E-state index contributed by atoms with van der Waals surface area (Å²) < 4.78 is 28.0. The molecule has 0 atom stereocenters. The number of benzene rings is 1. The average Bonchev–Trinajstić information content (AvgIpc) is 2.51. The van der Waals surface area contributed by atoms with Crippen molar-refractivity contribution in [2.75, 3.05) is 5.32 Å². The first kappa shape index (κ1) is 14.7. The normalized spacial score (nSPS) is 10.7. The Labute approximate surface area is 128 Å². The zero-order valence-electron chi connectivity index (χ0n) is 11.7. The fraction of sp³-hybridized carbons (Fsp3) is 0.0714. The molecule has 2 heterocycles. The van der Waals surface area contributed by atoms with Crippen LogP contribution >= 0.6 is 0 Å². The largest absolute Gasteiger partial charge is 0.333 e. The van der Waals surface area contributed by atoms with Gasteiger partial charge < -0.3 is 5.32 Å². The van der Waals surface area contributed by atoms with E-state index in [0.29, 0.717) is 16.7 Å². The highest BCUT2D eigenvalue weighted by atomic mass is 19.1. The third-order valence-corrected chi connectivity index (χ3v) is 3.13. The van der Waals surface area contributed by atoms with Gasteiger partial charge in [-0.3, -0.25) is 10.1 Å². The summed E-state index contributed by atoms with van der Waals surface area (Å²) in [5, 5.41) is 13.2. The van der Waals surface area contributed by atoms with Crippen LogP contribution in [0.2, 0.25) is 0 Å². The summed E-state index contributed by atoms with van der Waals surface area (Å²) in [7, 11) is 0. The Morgan fingerprint density at radius 1 is 1.17 bits per heavy atom. The molecule has 0 unspecified atom stereocenters. The lowest BCUT2D eigenvalue weighted by Crippen LogP contribution is -2.04. The number of nitrogens with zero attached hydrogens (tertiary/aromatic N) is 4. The van der Waals surface area contributed by atoms with Crippen molar-refractivity contribution in [2.45, 2.75) is 6.92 Å². The van der Waals surface area contributed by atoms with Crippen molar-refractivity contribution in [3.8, 4) is 0 Å². The van der Waals surface area contributed by atoms with Crippen LogP contribution in [0.1, 0.15) is 5.69 Å². The molecule has 0 saturated carbocycles. The van der Waals surface area contributed by atoms with Crippen LogP contribution in [0, 0.1) is 28.7 Å².